The minimum atomic E-state index is 0.724. The van der Waals surface area contributed by atoms with Gasteiger partial charge in [0.25, 0.3) is 0 Å². The predicted octanol–water partition coefficient (Wildman–Crippen LogP) is 3.07. The second-order valence-corrected chi connectivity index (χ2v) is 4.23. The summed E-state index contributed by atoms with van der Waals surface area (Å²) < 4.78 is 0. The molecule has 0 rings (SSSR count). The quantitative estimate of drug-likeness (QED) is 0.573. The first kappa shape index (κ1) is 10.8. The van der Waals surface area contributed by atoms with Crippen molar-refractivity contribution in [3.63, 3.8) is 0 Å². The number of rotatable bonds is 6. The Morgan fingerprint density at radius 1 is 1.36 bits per heavy atom. The molecule has 0 unspecified atom stereocenters. The van der Waals surface area contributed by atoms with Gasteiger partial charge >= 0.3 is 0 Å². The van der Waals surface area contributed by atoms with E-state index in [0.29, 0.717) is 0 Å². The molecule has 1 nitrogen and oxygen atoms in total. The molecular weight excluding hydrogens is 154 g/mol. The number of unbranched alkanes of at least 4 members (excludes halogenated alkanes) is 2. The zero-order valence-corrected chi connectivity index (χ0v) is 8.28. The lowest BCUT2D eigenvalue weighted by Crippen LogP contribution is -1.91. The van der Waals surface area contributed by atoms with Crippen LogP contribution in [0.5, 0.6) is 0 Å². The Kier molecular flexibility index (Phi) is 7.83. The first-order valence-corrected chi connectivity index (χ1v) is 5.37. The lowest BCUT2D eigenvalue weighted by molar-refractivity contribution is 0.747. The maximum atomic E-state index is 8.25. The Morgan fingerprint density at radius 2 is 2.09 bits per heavy atom. The fourth-order valence-electron chi connectivity index (χ4n) is 0.727. The van der Waals surface area contributed by atoms with Crippen molar-refractivity contribution in [2.45, 2.75) is 33.1 Å². The SMILES string of the molecule is CC(C)CSCCCCC#N. The molecule has 0 radical (unpaired) electrons. The van der Waals surface area contributed by atoms with Gasteiger partial charge in [0, 0.05) is 6.42 Å². The van der Waals surface area contributed by atoms with Crippen molar-refractivity contribution in [2.75, 3.05) is 11.5 Å². The second kappa shape index (κ2) is 7.94. The molecule has 64 valence electrons. The largest absolute Gasteiger partial charge is 0.198 e. The van der Waals surface area contributed by atoms with Crippen LogP contribution in [0.2, 0.25) is 0 Å². The van der Waals surface area contributed by atoms with Crippen LogP contribution >= 0.6 is 11.8 Å². The van der Waals surface area contributed by atoms with Crippen LogP contribution in [0.25, 0.3) is 0 Å². The molecule has 0 saturated heterocycles. The van der Waals surface area contributed by atoms with Crippen LogP contribution in [0, 0.1) is 17.2 Å². The number of nitriles is 1. The number of hydrogen-bond donors (Lipinski definition) is 0. The average molecular weight is 171 g/mol. The molecular formula is C9H17NS. The Morgan fingerprint density at radius 3 is 2.64 bits per heavy atom. The monoisotopic (exact) mass is 171 g/mol. The summed E-state index contributed by atoms with van der Waals surface area (Å²) in [6, 6.07) is 2.16. The van der Waals surface area contributed by atoms with Gasteiger partial charge in [-0.25, -0.2) is 0 Å². The average Bonchev–Trinajstić information content (AvgIpc) is 1.96. The van der Waals surface area contributed by atoms with E-state index in [0.717, 1.165) is 18.8 Å². The summed E-state index contributed by atoms with van der Waals surface area (Å²) >= 11 is 2.00. The van der Waals surface area contributed by atoms with Gasteiger partial charge in [-0.05, 0) is 30.3 Å². The van der Waals surface area contributed by atoms with E-state index in [9.17, 15) is 0 Å². The summed E-state index contributed by atoms with van der Waals surface area (Å²) in [4.78, 5) is 0. The van der Waals surface area contributed by atoms with E-state index in [2.05, 4.69) is 19.9 Å². The molecule has 0 aromatic rings. The molecule has 0 aliphatic rings. The third kappa shape index (κ3) is 9.84. The summed E-state index contributed by atoms with van der Waals surface area (Å²) in [6.07, 6.45) is 2.99. The molecule has 0 saturated carbocycles. The molecule has 0 aromatic carbocycles. The van der Waals surface area contributed by atoms with Crippen molar-refractivity contribution < 1.29 is 0 Å². The van der Waals surface area contributed by atoms with Gasteiger partial charge in [0.2, 0.25) is 0 Å². The lowest BCUT2D eigenvalue weighted by Gasteiger charge is -2.02. The molecule has 0 bridgehead atoms. The highest BCUT2D eigenvalue weighted by Gasteiger charge is 1.93. The maximum Gasteiger partial charge on any atom is 0.0621 e. The molecule has 2 heteroatoms. The van der Waals surface area contributed by atoms with E-state index < -0.39 is 0 Å². The molecule has 0 heterocycles. The highest BCUT2D eigenvalue weighted by Crippen LogP contribution is 2.10. The summed E-state index contributed by atoms with van der Waals surface area (Å²) in [5, 5.41) is 8.25. The molecule has 11 heavy (non-hydrogen) atoms. The summed E-state index contributed by atoms with van der Waals surface area (Å²) in [7, 11) is 0. The van der Waals surface area contributed by atoms with Crippen LogP contribution in [-0.2, 0) is 0 Å². The van der Waals surface area contributed by atoms with E-state index >= 15 is 0 Å². The van der Waals surface area contributed by atoms with Crippen LogP contribution in [0.4, 0.5) is 0 Å². The van der Waals surface area contributed by atoms with Crippen LogP contribution in [0.15, 0.2) is 0 Å². The first-order chi connectivity index (χ1) is 5.27. The Bertz CT molecular complexity index is 115. The highest BCUT2D eigenvalue weighted by molar-refractivity contribution is 7.99. The van der Waals surface area contributed by atoms with E-state index in [1.54, 1.807) is 0 Å². The fourth-order valence-corrected chi connectivity index (χ4v) is 1.77. The fraction of sp³-hybridized carbons (Fsp3) is 0.889. The molecule has 0 spiro atoms. The Hall–Kier alpha value is -0.160. The highest BCUT2D eigenvalue weighted by atomic mass is 32.2. The van der Waals surface area contributed by atoms with Crippen LogP contribution in [0.1, 0.15) is 33.1 Å². The number of hydrogen-bond acceptors (Lipinski definition) is 2. The van der Waals surface area contributed by atoms with Gasteiger partial charge in [0.1, 0.15) is 0 Å². The first-order valence-electron chi connectivity index (χ1n) is 4.22. The third-order valence-electron chi connectivity index (χ3n) is 1.28. The Balaban J connectivity index is 2.86. The molecule has 0 N–H and O–H groups in total. The van der Waals surface area contributed by atoms with Gasteiger partial charge in [-0.15, -0.1) is 0 Å². The molecule has 0 aliphatic heterocycles. The lowest BCUT2D eigenvalue weighted by atomic mass is 10.3. The molecule has 0 fully saturated rings. The van der Waals surface area contributed by atoms with E-state index in [4.69, 9.17) is 5.26 Å². The van der Waals surface area contributed by atoms with Gasteiger partial charge in [-0.1, -0.05) is 13.8 Å². The van der Waals surface area contributed by atoms with Gasteiger partial charge in [-0.2, -0.15) is 17.0 Å². The number of thioether (sulfide) groups is 1. The van der Waals surface area contributed by atoms with Gasteiger partial charge in [0.05, 0.1) is 6.07 Å². The van der Waals surface area contributed by atoms with Gasteiger partial charge < -0.3 is 0 Å². The molecule has 0 aliphatic carbocycles. The normalized spacial score (nSPS) is 10.0. The van der Waals surface area contributed by atoms with Crippen LogP contribution < -0.4 is 0 Å². The van der Waals surface area contributed by atoms with Crippen LogP contribution in [-0.4, -0.2) is 11.5 Å². The smallest absolute Gasteiger partial charge is 0.0621 e. The van der Waals surface area contributed by atoms with Crippen molar-refractivity contribution in [3.8, 4) is 6.07 Å². The minimum absolute atomic E-state index is 0.724. The van der Waals surface area contributed by atoms with E-state index in [1.807, 2.05) is 11.8 Å². The topological polar surface area (TPSA) is 23.8 Å². The van der Waals surface area contributed by atoms with Gasteiger partial charge in [0.15, 0.2) is 0 Å². The van der Waals surface area contributed by atoms with Crippen LogP contribution in [0.3, 0.4) is 0 Å². The minimum Gasteiger partial charge on any atom is -0.198 e. The zero-order chi connectivity index (χ0) is 8.53. The van der Waals surface area contributed by atoms with E-state index in [1.165, 1.54) is 17.9 Å². The predicted molar refractivity (Wildman–Crippen MR) is 51.6 cm³/mol. The zero-order valence-electron chi connectivity index (χ0n) is 7.47. The third-order valence-corrected chi connectivity index (χ3v) is 2.76. The molecule has 0 atom stereocenters. The van der Waals surface area contributed by atoms with Gasteiger partial charge in [-0.3, -0.25) is 0 Å². The Labute approximate surface area is 74.2 Å². The molecule has 0 aromatic heterocycles. The van der Waals surface area contributed by atoms with Crippen molar-refractivity contribution in [2.24, 2.45) is 5.92 Å². The summed E-state index contributed by atoms with van der Waals surface area (Å²) in [5.74, 6) is 3.28. The second-order valence-electron chi connectivity index (χ2n) is 3.08. The summed E-state index contributed by atoms with van der Waals surface area (Å²) in [5.41, 5.74) is 0. The standard InChI is InChI=1S/C9H17NS/c1-9(2)8-11-7-5-3-4-6-10/h9H,3-5,7-8H2,1-2H3. The summed E-state index contributed by atoms with van der Waals surface area (Å²) in [6.45, 7) is 4.48. The van der Waals surface area contributed by atoms with Crippen molar-refractivity contribution in [1.29, 1.82) is 5.26 Å². The number of nitrogens with zero attached hydrogens (tertiary/aromatic N) is 1. The maximum absolute atomic E-state index is 8.25. The molecule has 0 amide bonds. The van der Waals surface area contributed by atoms with Crippen molar-refractivity contribution in [1.82, 2.24) is 0 Å². The van der Waals surface area contributed by atoms with Crippen molar-refractivity contribution >= 4 is 11.8 Å². The van der Waals surface area contributed by atoms with E-state index in [-0.39, 0.29) is 0 Å². The van der Waals surface area contributed by atoms with Crippen molar-refractivity contribution in [3.05, 3.63) is 0 Å².